The van der Waals surface area contributed by atoms with E-state index in [-0.39, 0.29) is 19.4 Å². The number of hydrogen-bond donors (Lipinski definition) is 10. The first-order valence-electron chi connectivity index (χ1n) is 10.8. The molecular weight excluding hydrogens is 430 g/mol. The van der Waals surface area contributed by atoms with Gasteiger partial charge in [0.1, 0.15) is 36.6 Å². The van der Waals surface area contributed by atoms with Gasteiger partial charge in [0, 0.05) is 18.6 Å². The summed E-state index contributed by atoms with van der Waals surface area (Å²) in [5, 5.41) is 50.7. The Bertz CT molecular complexity index is 607. The van der Waals surface area contributed by atoms with Gasteiger partial charge < -0.3 is 73.1 Å². The molecule has 0 spiro atoms. The fraction of sp³-hybridized carbons (Fsp3) is 1.00. The van der Waals surface area contributed by atoms with Gasteiger partial charge in [0.25, 0.3) is 0 Å². The zero-order valence-corrected chi connectivity index (χ0v) is 17.7. The van der Waals surface area contributed by atoms with Gasteiger partial charge in [0.2, 0.25) is 0 Å². The zero-order chi connectivity index (χ0) is 23.7. The van der Waals surface area contributed by atoms with Crippen molar-refractivity contribution in [3.8, 4) is 0 Å². The molecule has 14 nitrogen and oxygen atoms in total. The Hall–Kier alpha value is -0.560. The maximum absolute atomic E-state index is 11.0. The van der Waals surface area contributed by atoms with Crippen molar-refractivity contribution in [3.05, 3.63) is 0 Å². The number of aliphatic hydroxyl groups excluding tert-OH is 5. The fourth-order valence-corrected chi connectivity index (χ4v) is 4.43. The van der Waals surface area contributed by atoms with Crippen molar-refractivity contribution in [3.63, 3.8) is 0 Å². The molecule has 5 unspecified atom stereocenters. The van der Waals surface area contributed by atoms with Crippen LogP contribution in [0.25, 0.3) is 0 Å². The summed E-state index contributed by atoms with van der Waals surface area (Å²) in [7, 11) is 0. The van der Waals surface area contributed by atoms with Gasteiger partial charge in [-0.3, -0.25) is 0 Å². The number of ether oxygens (including phenoxy) is 4. The van der Waals surface area contributed by atoms with Gasteiger partial charge in [-0.1, -0.05) is 0 Å². The van der Waals surface area contributed by atoms with Crippen LogP contribution >= 0.6 is 0 Å². The highest BCUT2D eigenvalue weighted by atomic mass is 16.7. The Labute approximate surface area is 185 Å². The molecule has 0 aromatic heterocycles. The van der Waals surface area contributed by atoms with E-state index in [0.29, 0.717) is 0 Å². The van der Waals surface area contributed by atoms with Crippen molar-refractivity contribution in [2.24, 2.45) is 28.7 Å². The average molecular weight is 468 g/mol. The molecule has 1 saturated carbocycles. The van der Waals surface area contributed by atoms with Crippen molar-refractivity contribution in [2.45, 2.75) is 98.4 Å². The minimum Gasteiger partial charge on any atom is -0.394 e. The quantitative estimate of drug-likeness (QED) is 0.174. The molecule has 14 atom stereocenters. The summed E-state index contributed by atoms with van der Waals surface area (Å²) >= 11 is 0. The summed E-state index contributed by atoms with van der Waals surface area (Å²) in [5.41, 5.74) is 29.8. The van der Waals surface area contributed by atoms with Crippen LogP contribution in [-0.4, -0.2) is 124 Å². The van der Waals surface area contributed by atoms with Crippen LogP contribution < -0.4 is 28.7 Å². The van der Waals surface area contributed by atoms with Gasteiger partial charge in [0.15, 0.2) is 12.6 Å². The third-order valence-corrected chi connectivity index (χ3v) is 6.41. The largest absolute Gasteiger partial charge is 0.394 e. The molecule has 14 heteroatoms. The second-order valence-electron chi connectivity index (χ2n) is 8.78. The molecule has 188 valence electrons. The maximum Gasteiger partial charge on any atom is 0.186 e. The Morgan fingerprint density at radius 2 is 1.28 bits per heavy atom. The lowest BCUT2D eigenvalue weighted by molar-refractivity contribution is -0.314. The minimum atomic E-state index is -1.44. The van der Waals surface area contributed by atoms with E-state index in [4.69, 9.17) is 47.6 Å². The molecule has 2 saturated heterocycles. The van der Waals surface area contributed by atoms with E-state index in [1.807, 2.05) is 0 Å². The molecule has 32 heavy (non-hydrogen) atoms. The molecule has 0 amide bonds. The molecule has 3 fully saturated rings. The molecule has 1 aliphatic carbocycles. The van der Waals surface area contributed by atoms with Gasteiger partial charge in [-0.25, -0.2) is 0 Å². The predicted molar refractivity (Wildman–Crippen MR) is 108 cm³/mol. The molecule has 0 aromatic carbocycles. The minimum absolute atomic E-state index is 0.0542. The second kappa shape index (κ2) is 10.8. The third kappa shape index (κ3) is 5.24. The van der Waals surface area contributed by atoms with Crippen LogP contribution in [0.5, 0.6) is 0 Å². The molecular formula is C18H37N5O9. The number of hydrogen-bond acceptors (Lipinski definition) is 14. The molecule has 2 aliphatic heterocycles. The van der Waals surface area contributed by atoms with E-state index >= 15 is 0 Å². The molecule has 3 aliphatic rings. The molecule has 0 radical (unpaired) electrons. The van der Waals surface area contributed by atoms with Gasteiger partial charge in [-0.2, -0.15) is 0 Å². The van der Waals surface area contributed by atoms with Crippen LogP contribution in [0.15, 0.2) is 0 Å². The summed E-state index contributed by atoms with van der Waals surface area (Å²) in [6, 6.07) is -3.27. The van der Waals surface area contributed by atoms with Crippen molar-refractivity contribution in [2.75, 3.05) is 13.2 Å². The van der Waals surface area contributed by atoms with Gasteiger partial charge in [-0.15, -0.1) is 0 Å². The highest BCUT2D eigenvalue weighted by Gasteiger charge is 2.50. The summed E-state index contributed by atoms with van der Waals surface area (Å²) in [6.45, 7) is -0.499. The number of rotatable bonds is 6. The van der Waals surface area contributed by atoms with Gasteiger partial charge in [-0.05, 0) is 12.8 Å². The Kier molecular flexibility index (Phi) is 8.79. The smallest absolute Gasteiger partial charge is 0.186 e. The third-order valence-electron chi connectivity index (χ3n) is 6.41. The van der Waals surface area contributed by atoms with E-state index in [2.05, 4.69) is 0 Å². The van der Waals surface area contributed by atoms with Crippen LogP contribution in [-0.2, 0) is 18.9 Å². The first-order chi connectivity index (χ1) is 15.1. The molecule has 0 bridgehead atoms. The Morgan fingerprint density at radius 3 is 1.84 bits per heavy atom. The highest BCUT2D eigenvalue weighted by molar-refractivity contribution is 5.01. The van der Waals surface area contributed by atoms with Gasteiger partial charge >= 0.3 is 0 Å². The summed E-state index contributed by atoms with van der Waals surface area (Å²) in [6.07, 6.45) is -10.8. The highest BCUT2D eigenvalue weighted by Crippen LogP contribution is 2.30. The number of aliphatic hydroxyl groups is 5. The fourth-order valence-electron chi connectivity index (χ4n) is 4.43. The molecule has 15 N–H and O–H groups in total. The van der Waals surface area contributed by atoms with Crippen LogP contribution in [0.4, 0.5) is 0 Å². The van der Waals surface area contributed by atoms with Crippen LogP contribution in [0.1, 0.15) is 12.8 Å². The van der Waals surface area contributed by atoms with E-state index in [9.17, 15) is 25.5 Å². The lowest BCUT2D eigenvalue weighted by atomic mass is 9.84. The normalized spacial score (nSPS) is 52.7. The maximum atomic E-state index is 11.0. The van der Waals surface area contributed by atoms with Crippen molar-refractivity contribution < 1.29 is 44.5 Å². The zero-order valence-electron chi connectivity index (χ0n) is 17.7. The number of nitrogens with two attached hydrogens (primary N) is 5. The van der Waals surface area contributed by atoms with Gasteiger partial charge in [0.05, 0.1) is 30.9 Å². The summed E-state index contributed by atoms with van der Waals surface area (Å²) in [5.74, 6) is 0. The van der Waals surface area contributed by atoms with E-state index in [1.54, 1.807) is 0 Å². The van der Waals surface area contributed by atoms with Crippen LogP contribution in [0.3, 0.4) is 0 Å². The topological polar surface area (TPSA) is 268 Å². The first-order valence-corrected chi connectivity index (χ1v) is 10.8. The van der Waals surface area contributed by atoms with E-state index in [0.717, 1.165) is 0 Å². The predicted octanol–water partition coefficient (Wildman–Crippen LogP) is -6.30. The van der Waals surface area contributed by atoms with Crippen molar-refractivity contribution in [1.82, 2.24) is 0 Å². The summed E-state index contributed by atoms with van der Waals surface area (Å²) < 4.78 is 22.7. The monoisotopic (exact) mass is 467 g/mol. The summed E-state index contributed by atoms with van der Waals surface area (Å²) in [4.78, 5) is 0. The molecule has 3 rings (SSSR count). The van der Waals surface area contributed by atoms with E-state index < -0.39 is 92.2 Å². The van der Waals surface area contributed by atoms with Crippen LogP contribution in [0, 0.1) is 0 Å². The van der Waals surface area contributed by atoms with Crippen LogP contribution in [0.2, 0.25) is 0 Å². The van der Waals surface area contributed by atoms with Crippen molar-refractivity contribution >= 4 is 0 Å². The van der Waals surface area contributed by atoms with E-state index in [1.165, 1.54) is 0 Å². The SMILES string of the molecule is NC[C@H]1O[C@H](OC2C(N)CC(N)C(O[C@H]3O[C@H](CO)[C@@H](O)[C@H](N)[C@H]3O)C2O)[C@H](N)C[C@@H]1O. The van der Waals surface area contributed by atoms with Crippen molar-refractivity contribution in [1.29, 1.82) is 0 Å². The second-order valence-corrected chi connectivity index (χ2v) is 8.78. The average Bonchev–Trinajstić information content (AvgIpc) is 2.75. The Balaban J connectivity index is 1.70. The lowest BCUT2D eigenvalue weighted by Crippen LogP contribution is -2.68. The standard InChI is InChI=1S/C18H37N5O9/c19-3-9-8(25)2-7(22)17(29-9)31-15-5(20)1-6(21)16(14(15)28)32-18-13(27)11(23)12(26)10(4-24)30-18/h5-18,24-28H,1-4,19-23H2/t5?,6?,7-,8+,9-,10-,11+,12-,13-,14?,15?,16?,17-,18-/m1/s1. The lowest BCUT2D eigenvalue weighted by Gasteiger charge is -2.47. The molecule has 2 heterocycles. The Morgan fingerprint density at radius 1 is 0.719 bits per heavy atom. The molecule has 0 aromatic rings. The first kappa shape index (κ1) is 26.1.